The molecule has 0 saturated carbocycles. The summed E-state index contributed by atoms with van der Waals surface area (Å²) in [6.45, 7) is 4.89. The average molecular weight is 945 g/mol. The summed E-state index contributed by atoms with van der Waals surface area (Å²) < 4.78 is 5.45. The summed E-state index contributed by atoms with van der Waals surface area (Å²) in [4.78, 5) is 24.6. The van der Waals surface area contributed by atoms with Crippen molar-refractivity contribution in [3.05, 3.63) is 24.3 Å². The van der Waals surface area contributed by atoms with Crippen LogP contribution in [0.3, 0.4) is 0 Å². The molecule has 0 heterocycles. The van der Waals surface area contributed by atoms with Crippen LogP contribution < -0.4 is 5.32 Å². The fourth-order valence-corrected chi connectivity index (χ4v) is 9.34. The summed E-state index contributed by atoms with van der Waals surface area (Å²) in [7, 11) is 0. The van der Waals surface area contributed by atoms with Crippen LogP contribution in [0, 0.1) is 0 Å². The molecule has 0 rings (SSSR count). The molecule has 3 N–H and O–H groups in total. The molecule has 0 aliphatic carbocycles. The van der Waals surface area contributed by atoms with Crippen molar-refractivity contribution in [3.63, 3.8) is 0 Å². The Balaban J connectivity index is 3.49. The topological polar surface area (TPSA) is 95.9 Å². The number of hydrogen-bond acceptors (Lipinski definition) is 5. The van der Waals surface area contributed by atoms with E-state index in [-0.39, 0.29) is 18.5 Å². The lowest BCUT2D eigenvalue weighted by atomic mass is 10.0. The largest absolute Gasteiger partial charge is 0.466 e. The van der Waals surface area contributed by atoms with Gasteiger partial charge in [-0.25, -0.2) is 0 Å². The van der Waals surface area contributed by atoms with Crippen molar-refractivity contribution in [1.29, 1.82) is 0 Å². The zero-order valence-electron chi connectivity index (χ0n) is 45.1. The number of rotatable bonds is 56. The summed E-state index contributed by atoms with van der Waals surface area (Å²) in [6, 6.07) is -0.564. The van der Waals surface area contributed by atoms with Gasteiger partial charge >= 0.3 is 5.97 Å². The Morgan fingerprint density at radius 3 is 1.06 bits per heavy atom. The fourth-order valence-electron chi connectivity index (χ4n) is 9.34. The lowest BCUT2D eigenvalue weighted by Gasteiger charge is -2.22. The van der Waals surface area contributed by atoms with E-state index in [0.29, 0.717) is 25.9 Å². The molecule has 0 aromatic carbocycles. The zero-order valence-corrected chi connectivity index (χ0v) is 45.1. The van der Waals surface area contributed by atoms with Crippen LogP contribution in [-0.4, -0.2) is 47.4 Å². The number of carbonyl (C=O) groups is 2. The first kappa shape index (κ1) is 65.3. The van der Waals surface area contributed by atoms with Crippen LogP contribution in [0.4, 0.5) is 0 Å². The number of ether oxygens (including phenoxy) is 1. The van der Waals surface area contributed by atoms with E-state index < -0.39 is 12.1 Å². The van der Waals surface area contributed by atoms with Crippen molar-refractivity contribution < 1.29 is 24.5 Å². The highest BCUT2D eigenvalue weighted by Crippen LogP contribution is 2.17. The molecular weight excluding hydrogens is 827 g/mol. The molecule has 0 saturated heterocycles. The molecule has 0 aliphatic rings. The number of amides is 1. The fraction of sp³-hybridized carbons (Fsp3) is 0.902. The van der Waals surface area contributed by atoms with Gasteiger partial charge in [0, 0.05) is 12.8 Å². The van der Waals surface area contributed by atoms with Gasteiger partial charge in [-0.1, -0.05) is 263 Å². The van der Waals surface area contributed by atoms with Gasteiger partial charge < -0.3 is 20.3 Å². The molecule has 6 heteroatoms. The number of esters is 1. The third kappa shape index (κ3) is 53.5. The molecule has 1 amide bonds. The molecule has 0 spiro atoms. The third-order valence-corrected chi connectivity index (χ3v) is 14.0. The van der Waals surface area contributed by atoms with Gasteiger partial charge in [0.15, 0.2) is 0 Å². The highest BCUT2D eigenvalue weighted by molar-refractivity contribution is 5.76. The van der Waals surface area contributed by atoms with Crippen LogP contribution in [0.1, 0.15) is 328 Å². The Labute approximate surface area is 418 Å². The molecule has 2 atom stereocenters. The van der Waals surface area contributed by atoms with Crippen LogP contribution in [0.15, 0.2) is 24.3 Å². The van der Waals surface area contributed by atoms with Crippen molar-refractivity contribution in [3.8, 4) is 0 Å². The maximum Gasteiger partial charge on any atom is 0.305 e. The Bertz CT molecular complexity index is 1040. The van der Waals surface area contributed by atoms with Gasteiger partial charge in [0.25, 0.3) is 0 Å². The molecule has 396 valence electrons. The van der Waals surface area contributed by atoms with Gasteiger partial charge in [-0.2, -0.15) is 0 Å². The first-order valence-electron chi connectivity index (χ1n) is 30.1. The van der Waals surface area contributed by atoms with Gasteiger partial charge in [-0.05, 0) is 77.0 Å². The Morgan fingerprint density at radius 2 is 0.701 bits per heavy atom. The van der Waals surface area contributed by atoms with Gasteiger partial charge in [-0.3, -0.25) is 9.59 Å². The molecule has 0 aromatic rings. The monoisotopic (exact) mass is 944 g/mol. The minimum Gasteiger partial charge on any atom is -0.466 e. The SMILES string of the molecule is CCCCCCCC/C=C\CCCCCCCCCC(=O)OCCCC/C=C\CCCCCCCC(=O)NC(CO)C(O)CCCCCCCCCCCCCCCCCCCCCCCC. The molecule has 0 fully saturated rings. The molecule has 0 aliphatic heterocycles. The third-order valence-electron chi connectivity index (χ3n) is 14.0. The average Bonchev–Trinajstić information content (AvgIpc) is 3.33. The molecule has 2 unspecified atom stereocenters. The summed E-state index contributed by atoms with van der Waals surface area (Å²) in [6.07, 6.45) is 68.9. The van der Waals surface area contributed by atoms with Crippen LogP contribution >= 0.6 is 0 Å². The summed E-state index contributed by atoms with van der Waals surface area (Å²) in [5.41, 5.74) is 0. The van der Waals surface area contributed by atoms with E-state index in [1.807, 2.05) is 0 Å². The Kier molecular flexibility index (Phi) is 55.5. The normalized spacial score (nSPS) is 12.7. The second-order valence-electron chi connectivity index (χ2n) is 20.7. The van der Waals surface area contributed by atoms with E-state index in [4.69, 9.17) is 4.74 Å². The Morgan fingerprint density at radius 1 is 0.403 bits per heavy atom. The molecular formula is C61H117NO5. The minimum absolute atomic E-state index is 0.0336. The van der Waals surface area contributed by atoms with Crippen molar-refractivity contribution in [2.45, 2.75) is 341 Å². The lowest BCUT2D eigenvalue weighted by molar-refractivity contribution is -0.143. The number of nitrogens with one attached hydrogen (secondary N) is 1. The van der Waals surface area contributed by atoms with E-state index in [9.17, 15) is 19.8 Å². The highest BCUT2D eigenvalue weighted by atomic mass is 16.5. The standard InChI is InChI=1S/C61H117NO5/c1-3-5-7-9-11-13-15-17-19-21-22-23-24-25-27-28-30-33-37-41-45-49-53-59(64)58(57-63)62-60(65)54-50-46-42-38-34-32-36-40-44-48-52-56-67-61(66)55-51-47-43-39-35-31-29-26-20-18-16-14-12-10-8-6-4-2/h18,20,36,40,58-59,63-64H,3-17,19,21-35,37-39,41-57H2,1-2H3,(H,62,65)/b20-18-,40-36-. The van der Waals surface area contributed by atoms with Crippen molar-refractivity contribution in [2.75, 3.05) is 13.2 Å². The van der Waals surface area contributed by atoms with Crippen molar-refractivity contribution in [2.24, 2.45) is 0 Å². The van der Waals surface area contributed by atoms with E-state index >= 15 is 0 Å². The van der Waals surface area contributed by atoms with Gasteiger partial charge in [0.2, 0.25) is 5.91 Å². The smallest absolute Gasteiger partial charge is 0.305 e. The number of hydrogen-bond donors (Lipinski definition) is 3. The van der Waals surface area contributed by atoms with Crippen LogP contribution in [-0.2, 0) is 14.3 Å². The van der Waals surface area contributed by atoms with Crippen LogP contribution in [0.25, 0.3) is 0 Å². The van der Waals surface area contributed by atoms with Gasteiger partial charge in [-0.15, -0.1) is 0 Å². The highest BCUT2D eigenvalue weighted by Gasteiger charge is 2.20. The number of allylic oxidation sites excluding steroid dienone is 4. The van der Waals surface area contributed by atoms with Crippen molar-refractivity contribution >= 4 is 11.9 Å². The number of aliphatic hydroxyl groups is 2. The predicted octanol–water partition coefficient (Wildman–Crippen LogP) is 18.6. The minimum atomic E-state index is -0.684. The maximum atomic E-state index is 12.5. The van der Waals surface area contributed by atoms with Gasteiger partial charge in [0.1, 0.15) is 0 Å². The summed E-state index contributed by atoms with van der Waals surface area (Å²) in [5, 5.41) is 23.3. The quantitative estimate of drug-likeness (QED) is 0.0321. The number of carbonyl (C=O) groups excluding carboxylic acids is 2. The van der Waals surface area contributed by atoms with E-state index in [2.05, 4.69) is 43.5 Å². The van der Waals surface area contributed by atoms with Gasteiger partial charge in [0.05, 0.1) is 25.4 Å². The second-order valence-corrected chi connectivity index (χ2v) is 20.7. The van der Waals surface area contributed by atoms with E-state index in [0.717, 1.165) is 83.5 Å². The molecule has 0 radical (unpaired) electrons. The second kappa shape index (κ2) is 56.9. The first-order chi connectivity index (χ1) is 33.0. The molecule has 0 aromatic heterocycles. The van der Waals surface area contributed by atoms with Crippen LogP contribution in [0.2, 0.25) is 0 Å². The molecule has 67 heavy (non-hydrogen) atoms. The van der Waals surface area contributed by atoms with E-state index in [1.165, 1.54) is 212 Å². The maximum absolute atomic E-state index is 12.5. The predicted molar refractivity (Wildman–Crippen MR) is 292 cm³/mol. The van der Waals surface area contributed by atoms with Crippen molar-refractivity contribution in [1.82, 2.24) is 5.32 Å². The Hall–Kier alpha value is -1.66. The number of unbranched alkanes of at least 4 members (excludes halogenated alkanes) is 41. The molecule has 6 nitrogen and oxygen atoms in total. The first-order valence-corrected chi connectivity index (χ1v) is 30.1. The number of aliphatic hydroxyl groups excluding tert-OH is 2. The zero-order chi connectivity index (χ0) is 48.6. The van der Waals surface area contributed by atoms with E-state index in [1.54, 1.807) is 0 Å². The summed E-state index contributed by atoms with van der Waals surface area (Å²) in [5.74, 6) is -0.0948. The lowest BCUT2D eigenvalue weighted by Crippen LogP contribution is -2.45. The summed E-state index contributed by atoms with van der Waals surface area (Å²) >= 11 is 0. The van der Waals surface area contributed by atoms with Crippen LogP contribution in [0.5, 0.6) is 0 Å². The molecule has 0 bridgehead atoms.